The van der Waals surface area contributed by atoms with E-state index < -0.39 is 0 Å². The Hall–Kier alpha value is -3.62. The number of carbonyl (C=O) groups is 1. The van der Waals surface area contributed by atoms with Gasteiger partial charge in [0.15, 0.2) is 11.5 Å². The van der Waals surface area contributed by atoms with Crippen LogP contribution >= 0.6 is 0 Å². The third-order valence-corrected chi connectivity index (χ3v) is 4.70. The highest BCUT2D eigenvalue weighted by atomic mass is 19.1. The van der Waals surface area contributed by atoms with E-state index in [1.807, 2.05) is 6.92 Å². The molecule has 9 heteroatoms. The molecule has 31 heavy (non-hydrogen) atoms. The van der Waals surface area contributed by atoms with Crippen molar-refractivity contribution in [2.24, 2.45) is 0 Å². The first-order chi connectivity index (χ1) is 14.9. The zero-order valence-electron chi connectivity index (χ0n) is 17.8. The SMILES string of the molecule is COc1cc(C(C)NC(=O)CCc2nc(-c3ccc(F)cc3)no2)cc(OC)c1OC. The van der Waals surface area contributed by atoms with E-state index in [-0.39, 0.29) is 30.6 Å². The number of ether oxygens (including phenoxy) is 3. The van der Waals surface area contributed by atoms with E-state index in [1.165, 1.54) is 33.5 Å². The lowest BCUT2D eigenvalue weighted by Gasteiger charge is -2.18. The highest BCUT2D eigenvalue weighted by molar-refractivity contribution is 5.76. The molecule has 3 rings (SSSR count). The number of halogens is 1. The number of benzene rings is 2. The molecule has 1 aromatic heterocycles. The fraction of sp³-hybridized carbons (Fsp3) is 0.318. The molecule has 1 heterocycles. The summed E-state index contributed by atoms with van der Waals surface area (Å²) < 4.78 is 34.3. The Labute approximate surface area is 179 Å². The number of aromatic nitrogens is 2. The number of nitrogens with one attached hydrogen (secondary N) is 1. The van der Waals surface area contributed by atoms with Crippen molar-refractivity contribution in [1.82, 2.24) is 15.5 Å². The summed E-state index contributed by atoms with van der Waals surface area (Å²) in [6.07, 6.45) is 0.446. The summed E-state index contributed by atoms with van der Waals surface area (Å²) in [5.41, 5.74) is 1.44. The van der Waals surface area contributed by atoms with Crippen molar-refractivity contribution in [3.63, 3.8) is 0 Å². The molecule has 2 aromatic carbocycles. The standard InChI is InChI=1S/C22H24FN3O5/c1-13(15-11-17(28-2)21(30-4)18(12-15)29-3)24-19(27)9-10-20-25-22(26-31-20)14-5-7-16(23)8-6-14/h5-8,11-13H,9-10H2,1-4H3,(H,24,27). The predicted molar refractivity (Wildman–Crippen MR) is 111 cm³/mol. The van der Waals surface area contributed by atoms with Crippen LogP contribution in [-0.4, -0.2) is 37.4 Å². The van der Waals surface area contributed by atoms with Gasteiger partial charge >= 0.3 is 0 Å². The van der Waals surface area contributed by atoms with Crippen LogP contribution in [0, 0.1) is 5.82 Å². The number of methoxy groups -OCH3 is 3. The second-order valence-electron chi connectivity index (χ2n) is 6.77. The molecule has 0 fully saturated rings. The zero-order chi connectivity index (χ0) is 22.4. The van der Waals surface area contributed by atoms with E-state index in [0.29, 0.717) is 34.5 Å². The summed E-state index contributed by atoms with van der Waals surface area (Å²) in [4.78, 5) is 16.7. The molecule has 0 radical (unpaired) electrons. The number of nitrogens with zero attached hydrogens (tertiary/aromatic N) is 2. The minimum absolute atomic E-state index is 0.166. The number of rotatable bonds is 9. The number of amides is 1. The van der Waals surface area contributed by atoms with Gasteiger partial charge in [0, 0.05) is 18.4 Å². The number of hydrogen-bond donors (Lipinski definition) is 1. The van der Waals surface area contributed by atoms with Crippen molar-refractivity contribution >= 4 is 5.91 Å². The van der Waals surface area contributed by atoms with Gasteiger partial charge in [-0.25, -0.2) is 4.39 Å². The molecule has 0 saturated carbocycles. The number of aryl methyl sites for hydroxylation is 1. The van der Waals surface area contributed by atoms with Crippen LogP contribution in [0.15, 0.2) is 40.9 Å². The largest absolute Gasteiger partial charge is 0.493 e. The van der Waals surface area contributed by atoms with Gasteiger partial charge in [0.25, 0.3) is 0 Å². The Morgan fingerprint density at radius 2 is 1.74 bits per heavy atom. The summed E-state index contributed by atoms with van der Waals surface area (Å²) in [5, 5.41) is 6.81. The summed E-state index contributed by atoms with van der Waals surface area (Å²) in [6, 6.07) is 9.07. The van der Waals surface area contributed by atoms with Crippen molar-refractivity contribution in [3.05, 3.63) is 53.7 Å². The molecule has 1 N–H and O–H groups in total. The molecular formula is C22H24FN3O5. The minimum atomic E-state index is -0.342. The quantitative estimate of drug-likeness (QED) is 0.554. The molecule has 0 aliphatic rings. The Balaban J connectivity index is 1.60. The maximum atomic E-state index is 13.0. The molecule has 0 bridgehead atoms. The van der Waals surface area contributed by atoms with Crippen LogP contribution in [0.3, 0.4) is 0 Å². The highest BCUT2D eigenvalue weighted by Gasteiger charge is 2.18. The van der Waals surface area contributed by atoms with Gasteiger partial charge in [-0.15, -0.1) is 0 Å². The summed E-state index contributed by atoms with van der Waals surface area (Å²) in [5.74, 6) is 1.67. The van der Waals surface area contributed by atoms with Crippen LogP contribution in [-0.2, 0) is 11.2 Å². The molecule has 164 valence electrons. The Kier molecular flexibility index (Phi) is 7.07. The van der Waals surface area contributed by atoms with Crippen LogP contribution in [0.5, 0.6) is 17.2 Å². The summed E-state index contributed by atoms with van der Waals surface area (Å²) in [7, 11) is 4.61. The van der Waals surface area contributed by atoms with Crippen LogP contribution in [0.25, 0.3) is 11.4 Å². The lowest BCUT2D eigenvalue weighted by Crippen LogP contribution is -2.27. The average molecular weight is 429 g/mol. The average Bonchev–Trinajstić information content (AvgIpc) is 3.26. The summed E-state index contributed by atoms with van der Waals surface area (Å²) >= 11 is 0. The van der Waals surface area contributed by atoms with Crippen molar-refractivity contribution in [1.29, 1.82) is 0 Å². The van der Waals surface area contributed by atoms with Gasteiger partial charge in [0.05, 0.1) is 27.4 Å². The lowest BCUT2D eigenvalue weighted by atomic mass is 10.1. The number of hydrogen-bond acceptors (Lipinski definition) is 7. The monoisotopic (exact) mass is 429 g/mol. The topological polar surface area (TPSA) is 95.7 Å². The molecule has 1 amide bonds. The van der Waals surface area contributed by atoms with E-state index in [1.54, 1.807) is 24.3 Å². The van der Waals surface area contributed by atoms with Gasteiger partial charge in [0.1, 0.15) is 5.82 Å². The van der Waals surface area contributed by atoms with Gasteiger partial charge < -0.3 is 24.1 Å². The van der Waals surface area contributed by atoms with E-state index in [2.05, 4.69) is 15.5 Å². The van der Waals surface area contributed by atoms with E-state index in [9.17, 15) is 9.18 Å². The highest BCUT2D eigenvalue weighted by Crippen LogP contribution is 2.39. The van der Waals surface area contributed by atoms with Gasteiger partial charge in [-0.3, -0.25) is 4.79 Å². The molecule has 0 aliphatic carbocycles. The maximum Gasteiger partial charge on any atom is 0.227 e. The summed E-state index contributed by atoms with van der Waals surface area (Å²) in [6.45, 7) is 1.86. The van der Waals surface area contributed by atoms with Crippen molar-refractivity contribution in [2.45, 2.75) is 25.8 Å². The first kappa shape index (κ1) is 22.1. The molecule has 1 unspecified atom stereocenters. The fourth-order valence-electron chi connectivity index (χ4n) is 3.04. The lowest BCUT2D eigenvalue weighted by molar-refractivity contribution is -0.121. The molecule has 0 aliphatic heterocycles. The Morgan fingerprint density at radius 3 is 2.32 bits per heavy atom. The third-order valence-electron chi connectivity index (χ3n) is 4.70. The smallest absolute Gasteiger partial charge is 0.227 e. The van der Waals surface area contributed by atoms with Crippen molar-refractivity contribution in [3.8, 4) is 28.6 Å². The van der Waals surface area contributed by atoms with Crippen LogP contribution < -0.4 is 19.5 Å². The predicted octanol–water partition coefficient (Wildman–Crippen LogP) is 3.71. The van der Waals surface area contributed by atoms with Gasteiger partial charge in [-0.1, -0.05) is 5.16 Å². The molecule has 0 spiro atoms. The minimum Gasteiger partial charge on any atom is -0.493 e. The first-order valence-electron chi connectivity index (χ1n) is 9.63. The molecule has 0 saturated heterocycles. The zero-order valence-corrected chi connectivity index (χ0v) is 17.8. The van der Waals surface area contributed by atoms with Gasteiger partial charge in [0.2, 0.25) is 23.4 Å². The normalized spacial score (nSPS) is 11.6. The van der Waals surface area contributed by atoms with E-state index in [4.69, 9.17) is 18.7 Å². The molecule has 3 aromatic rings. The van der Waals surface area contributed by atoms with Crippen LogP contribution in [0.4, 0.5) is 4.39 Å². The van der Waals surface area contributed by atoms with Crippen molar-refractivity contribution < 1.29 is 27.9 Å². The first-order valence-corrected chi connectivity index (χ1v) is 9.63. The molecular weight excluding hydrogens is 405 g/mol. The Bertz CT molecular complexity index is 1010. The van der Waals surface area contributed by atoms with E-state index >= 15 is 0 Å². The van der Waals surface area contributed by atoms with Crippen LogP contribution in [0.2, 0.25) is 0 Å². The third kappa shape index (κ3) is 5.30. The maximum absolute atomic E-state index is 13.0. The molecule has 1 atom stereocenters. The van der Waals surface area contributed by atoms with Gasteiger partial charge in [-0.2, -0.15) is 4.98 Å². The Morgan fingerprint density at radius 1 is 1.10 bits per heavy atom. The fourth-order valence-corrected chi connectivity index (χ4v) is 3.04. The van der Waals surface area contributed by atoms with Gasteiger partial charge in [-0.05, 0) is 48.9 Å². The second-order valence-corrected chi connectivity index (χ2v) is 6.77. The number of carbonyl (C=O) groups excluding carboxylic acids is 1. The van der Waals surface area contributed by atoms with E-state index in [0.717, 1.165) is 5.56 Å². The van der Waals surface area contributed by atoms with Crippen LogP contribution in [0.1, 0.15) is 30.8 Å². The molecule has 8 nitrogen and oxygen atoms in total. The van der Waals surface area contributed by atoms with Crippen molar-refractivity contribution in [2.75, 3.05) is 21.3 Å². The second kappa shape index (κ2) is 9.92.